The summed E-state index contributed by atoms with van der Waals surface area (Å²) in [7, 11) is -3.56. The fourth-order valence-electron chi connectivity index (χ4n) is 2.05. The number of hydrogen-bond donors (Lipinski definition) is 2. The molecule has 0 atom stereocenters. The molecule has 0 spiro atoms. The number of aromatic amines is 1. The minimum Gasteiger partial charge on any atom is -0.491 e. The Morgan fingerprint density at radius 1 is 1.23 bits per heavy atom. The van der Waals surface area contributed by atoms with Crippen LogP contribution in [-0.2, 0) is 16.6 Å². The highest BCUT2D eigenvalue weighted by Crippen LogP contribution is 2.18. The second-order valence-corrected chi connectivity index (χ2v) is 7.14. The van der Waals surface area contributed by atoms with Crippen LogP contribution < -0.4 is 9.46 Å². The molecule has 22 heavy (non-hydrogen) atoms. The van der Waals surface area contributed by atoms with Gasteiger partial charge in [-0.15, -0.1) is 0 Å². The van der Waals surface area contributed by atoms with Gasteiger partial charge < -0.3 is 4.74 Å². The number of aryl methyl sites for hydroxylation is 2. The Morgan fingerprint density at radius 2 is 1.86 bits per heavy atom. The molecule has 0 radical (unpaired) electrons. The van der Waals surface area contributed by atoms with E-state index in [1.165, 1.54) is 12.1 Å². The number of sulfonamides is 1. The largest absolute Gasteiger partial charge is 0.491 e. The number of rotatable bonds is 6. The van der Waals surface area contributed by atoms with Crippen molar-refractivity contribution in [1.29, 1.82) is 0 Å². The van der Waals surface area contributed by atoms with Crippen LogP contribution in [0.5, 0.6) is 5.75 Å². The lowest BCUT2D eigenvalue weighted by Gasteiger charge is -2.11. The molecular formula is C15H21N3O3S. The van der Waals surface area contributed by atoms with E-state index >= 15 is 0 Å². The predicted molar refractivity (Wildman–Crippen MR) is 84.3 cm³/mol. The van der Waals surface area contributed by atoms with E-state index in [0.717, 1.165) is 17.0 Å². The average molecular weight is 323 g/mol. The van der Waals surface area contributed by atoms with Gasteiger partial charge in [0.25, 0.3) is 0 Å². The summed E-state index contributed by atoms with van der Waals surface area (Å²) in [6.45, 7) is 7.75. The number of hydrogen-bond acceptors (Lipinski definition) is 4. The van der Waals surface area contributed by atoms with Gasteiger partial charge in [-0.25, -0.2) is 13.1 Å². The normalized spacial score (nSPS) is 11.9. The summed E-state index contributed by atoms with van der Waals surface area (Å²) < 4.78 is 32.7. The number of ether oxygens (including phenoxy) is 1. The standard InChI is InChI=1S/C15H21N3O3S/c1-10(2)21-13-5-7-14(8-6-13)22(19,20)16-9-15-11(3)17-18-12(15)4/h5-8,10,16H,9H2,1-4H3,(H,17,18). The lowest BCUT2D eigenvalue weighted by molar-refractivity contribution is 0.242. The Bertz CT molecular complexity index is 714. The highest BCUT2D eigenvalue weighted by Gasteiger charge is 2.16. The highest BCUT2D eigenvalue weighted by atomic mass is 32.2. The van der Waals surface area contributed by atoms with Gasteiger partial charge in [0, 0.05) is 17.8 Å². The summed E-state index contributed by atoms with van der Waals surface area (Å²) in [6, 6.07) is 6.39. The first-order chi connectivity index (χ1) is 10.3. The van der Waals surface area contributed by atoms with Gasteiger partial charge in [-0.05, 0) is 52.0 Å². The van der Waals surface area contributed by atoms with Gasteiger partial charge >= 0.3 is 0 Å². The Labute approximate surface area is 130 Å². The van der Waals surface area contributed by atoms with E-state index in [4.69, 9.17) is 4.74 Å². The minimum atomic E-state index is -3.56. The number of aromatic nitrogens is 2. The lowest BCUT2D eigenvalue weighted by atomic mass is 10.2. The Morgan fingerprint density at radius 3 is 2.36 bits per heavy atom. The first kappa shape index (κ1) is 16.5. The van der Waals surface area contributed by atoms with Crippen molar-refractivity contribution in [3.8, 4) is 5.75 Å². The molecule has 2 N–H and O–H groups in total. The van der Waals surface area contributed by atoms with E-state index in [1.54, 1.807) is 12.1 Å². The van der Waals surface area contributed by atoms with Crippen molar-refractivity contribution in [3.63, 3.8) is 0 Å². The summed E-state index contributed by atoms with van der Waals surface area (Å²) in [4.78, 5) is 0.211. The van der Waals surface area contributed by atoms with E-state index in [-0.39, 0.29) is 17.5 Å². The van der Waals surface area contributed by atoms with Crippen LogP contribution in [0.15, 0.2) is 29.2 Å². The SMILES string of the molecule is Cc1n[nH]c(C)c1CNS(=O)(=O)c1ccc(OC(C)C)cc1. The Kier molecular flexibility index (Phi) is 4.87. The Balaban J connectivity index is 2.10. The third-order valence-corrected chi connectivity index (χ3v) is 4.64. The number of nitrogens with one attached hydrogen (secondary N) is 2. The van der Waals surface area contributed by atoms with Crippen molar-refractivity contribution in [2.45, 2.75) is 45.2 Å². The third-order valence-electron chi connectivity index (χ3n) is 3.23. The molecule has 0 saturated carbocycles. The summed E-state index contributed by atoms with van der Waals surface area (Å²) in [5.41, 5.74) is 2.52. The smallest absolute Gasteiger partial charge is 0.240 e. The maximum absolute atomic E-state index is 12.3. The second-order valence-electron chi connectivity index (χ2n) is 5.38. The lowest BCUT2D eigenvalue weighted by Crippen LogP contribution is -2.23. The van der Waals surface area contributed by atoms with Crippen LogP contribution >= 0.6 is 0 Å². The molecule has 0 fully saturated rings. The zero-order valence-corrected chi connectivity index (χ0v) is 14.0. The highest BCUT2D eigenvalue weighted by molar-refractivity contribution is 7.89. The van der Waals surface area contributed by atoms with Crippen LogP contribution in [0.25, 0.3) is 0 Å². The molecule has 0 unspecified atom stereocenters. The zero-order chi connectivity index (χ0) is 16.3. The van der Waals surface area contributed by atoms with E-state index < -0.39 is 10.0 Å². The van der Waals surface area contributed by atoms with E-state index in [1.807, 2.05) is 27.7 Å². The maximum Gasteiger partial charge on any atom is 0.240 e. The molecule has 0 aliphatic rings. The van der Waals surface area contributed by atoms with Crippen molar-refractivity contribution in [2.75, 3.05) is 0 Å². The van der Waals surface area contributed by atoms with E-state index in [2.05, 4.69) is 14.9 Å². The molecule has 0 aliphatic carbocycles. The molecule has 0 aliphatic heterocycles. The van der Waals surface area contributed by atoms with E-state index in [9.17, 15) is 8.42 Å². The van der Waals surface area contributed by atoms with Gasteiger partial charge in [-0.3, -0.25) is 5.10 Å². The maximum atomic E-state index is 12.3. The van der Waals surface area contributed by atoms with Crippen LogP contribution in [0.2, 0.25) is 0 Å². The molecule has 7 heteroatoms. The number of nitrogens with zero attached hydrogens (tertiary/aromatic N) is 1. The van der Waals surface area contributed by atoms with Gasteiger partial charge in [0.15, 0.2) is 0 Å². The van der Waals surface area contributed by atoms with Gasteiger partial charge in [0.05, 0.1) is 16.7 Å². The molecule has 1 aromatic carbocycles. The minimum absolute atomic E-state index is 0.0487. The summed E-state index contributed by atoms with van der Waals surface area (Å²) >= 11 is 0. The molecule has 1 aromatic heterocycles. The van der Waals surface area contributed by atoms with Crippen molar-refractivity contribution in [2.24, 2.45) is 0 Å². The third kappa shape index (κ3) is 3.86. The quantitative estimate of drug-likeness (QED) is 0.854. The molecule has 6 nitrogen and oxygen atoms in total. The van der Waals surface area contributed by atoms with Crippen molar-refractivity contribution in [1.82, 2.24) is 14.9 Å². The fourth-order valence-corrected chi connectivity index (χ4v) is 3.05. The van der Waals surface area contributed by atoms with Gasteiger partial charge in [-0.1, -0.05) is 0 Å². The average Bonchev–Trinajstić information content (AvgIpc) is 2.76. The van der Waals surface area contributed by atoms with Crippen LogP contribution in [0.3, 0.4) is 0 Å². The molecule has 1 heterocycles. The van der Waals surface area contributed by atoms with Crippen molar-refractivity contribution >= 4 is 10.0 Å². The molecule has 2 rings (SSSR count). The predicted octanol–water partition coefficient (Wildman–Crippen LogP) is 2.29. The van der Waals surface area contributed by atoms with Crippen LogP contribution in [-0.4, -0.2) is 24.7 Å². The van der Waals surface area contributed by atoms with Gasteiger partial charge in [0.2, 0.25) is 10.0 Å². The molecule has 0 saturated heterocycles. The number of H-pyrrole nitrogens is 1. The molecule has 0 bridgehead atoms. The van der Waals surface area contributed by atoms with E-state index in [0.29, 0.717) is 5.75 Å². The summed E-state index contributed by atoms with van der Waals surface area (Å²) in [5.74, 6) is 0.649. The van der Waals surface area contributed by atoms with Crippen LogP contribution in [0.1, 0.15) is 30.8 Å². The molecule has 2 aromatic rings. The van der Waals surface area contributed by atoms with Gasteiger partial charge in [0.1, 0.15) is 5.75 Å². The fraction of sp³-hybridized carbons (Fsp3) is 0.400. The monoisotopic (exact) mass is 323 g/mol. The molecule has 120 valence electrons. The molecule has 0 amide bonds. The number of benzene rings is 1. The van der Waals surface area contributed by atoms with Crippen LogP contribution in [0.4, 0.5) is 0 Å². The Hall–Kier alpha value is -1.86. The first-order valence-corrected chi connectivity index (χ1v) is 8.54. The topological polar surface area (TPSA) is 84.1 Å². The second kappa shape index (κ2) is 6.50. The van der Waals surface area contributed by atoms with Crippen molar-refractivity contribution < 1.29 is 13.2 Å². The summed E-state index contributed by atoms with van der Waals surface area (Å²) in [5, 5.41) is 6.89. The van der Waals surface area contributed by atoms with Crippen molar-refractivity contribution in [3.05, 3.63) is 41.2 Å². The molecular weight excluding hydrogens is 302 g/mol. The van der Waals surface area contributed by atoms with Crippen LogP contribution in [0, 0.1) is 13.8 Å². The summed E-state index contributed by atoms with van der Waals surface area (Å²) in [6.07, 6.45) is 0.0487. The van der Waals surface area contributed by atoms with Gasteiger partial charge in [-0.2, -0.15) is 5.10 Å². The first-order valence-electron chi connectivity index (χ1n) is 7.06. The zero-order valence-electron chi connectivity index (χ0n) is 13.2.